The van der Waals surface area contributed by atoms with E-state index in [-0.39, 0.29) is 0 Å². The molecule has 160 valence electrons. The summed E-state index contributed by atoms with van der Waals surface area (Å²) in [5.74, 6) is 1.95. The molecule has 0 fully saturated rings. The lowest BCUT2D eigenvalue weighted by Crippen LogP contribution is -2.32. The number of fused-ring (bicyclic) bond motifs is 2. The van der Waals surface area contributed by atoms with Gasteiger partial charge in [-0.15, -0.1) is 11.8 Å². The highest BCUT2D eigenvalue weighted by molar-refractivity contribution is 7.99. The van der Waals surface area contributed by atoms with Crippen LogP contribution >= 0.6 is 23.5 Å². The number of hydrogen-bond donors (Lipinski definition) is 1. The van der Waals surface area contributed by atoms with E-state index in [1.54, 1.807) is 11.8 Å². The number of thioether (sulfide) groups is 2. The van der Waals surface area contributed by atoms with E-state index < -0.39 is 0 Å². The number of nitrogens with zero attached hydrogens (tertiary/aromatic N) is 3. The molecule has 0 saturated heterocycles. The third-order valence-electron chi connectivity index (χ3n) is 6.10. The fourth-order valence-corrected chi connectivity index (χ4v) is 6.23. The van der Waals surface area contributed by atoms with Crippen molar-refractivity contribution in [3.63, 3.8) is 0 Å². The van der Waals surface area contributed by atoms with Gasteiger partial charge in [0.2, 0.25) is 0 Å². The lowest BCUT2D eigenvalue weighted by atomic mass is 10.0. The molecule has 0 amide bonds. The van der Waals surface area contributed by atoms with Crippen LogP contribution in [0.2, 0.25) is 0 Å². The topological polar surface area (TPSA) is 44.8 Å². The molecule has 1 aromatic carbocycles. The molecule has 0 bridgehead atoms. The van der Waals surface area contributed by atoms with E-state index in [0.29, 0.717) is 0 Å². The second kappa shape index (κ2) is 9.63. The molecular formula is C25H28N4S2. The number of H-pyrrole nitrogens is 1. The van der Waals surface area contributed by atoms with E-state index in [1.807, 2.05) is 18.0 Å². The van der Waals surface area contributed by atoms with Gasteiger partial charge < -0.3 is 4.98 Å². The minimum Gasteiger partial charge on any atom is -0.336 e. The van der Waals surface area contributed by atoms with Crippen molar-refractivity contribution >= 4 is 29.6 Å². The van der Waals surface area contributed by atoms with Gasteiger partial charge in [-0.25, -0.2) is 4.98 Å². The molecule has 0 atom stereocenters. The van der Waals surface area contributed by atoms with Crippen molar-refractivity contribution in [1.82, 2.24) is 19.9 Å². The first-order valence-corrected chi connectivity index (χ1v) is 13.0. The lowest BCUT2D eigenvalue weighted by molar-refractivity contribution is 0.270. The van der Waals surface area contributed by atoms with Crippen LogP contribution in [-0.4, -0.2) is 38.7 Å². The van der Waals surface area contributed by atoms with E-state index >= 15 is 0 Å². The van der Waals surface area contributed by atoms with E-state index in [4.69, 9.17) is 4.98 Å². The Kier molecular flexibility index (Phi) is 6.48. The first-order chi connectivity index (χ1) is 15.3. The summed E-state index contributed by atoms with van der Waals surface area (Å²) in [5.41, 5.74) is 7.84. The Labute approximate surface area is 193 Å². The Bertz CT molecular complexity index is 1090. The second-order valence-corrected chi connectivity index (χ2v) is 10.3. The van der Waals surface area contributed by atoms with Crippen molar-refractivity contribution in [2.24, 2.45) is 0 Å². The minimum absolute atomic E-state index is 0.846. The molecule has 3 aromatic rings. The SMILES string of the molecule is Cc1c(SCCN2CCc3ccccc3C2)ccnc1CSc1nc2c([nH]1)CCC=C2. The van der Waals surface area contributed by atoms with Gasteiger partial charge in [0.05, 0.1) is 11.4 Å². The van der Waals surface area contributed by atoms with Gasteiger partial charge in [0.25, 0.3) is 0 Å². The summed E-state index contributed by atoms with van der Waals surface area (Å²) in [6.45, 7) is 5.57. The quantitative estimate of drug-likeness (QED) is 0.483. The van der Waals surface area contributed by atoms with Gasteiger partial charge in [0.1, 0.15) is 0 Å². The predicted octanol–water partition coefficient (Wildman–Crippen LogP) is 5.52. The molecule has 3 heterocycles. The Balaban J connectivity index is 1.15. The number of imidazole rings is 1. The van der Waals surface area contributed by atoms with Gasteiger partial charge >= 0.3 is 0 Å². The van der Waals surface area contributed by atoms with Crippen LogP contribution in [0.4, 0.5) is 0 Å². The third-order valence-corrected chi connectivity index (χ3v) is 8.13. The van der Waals surface area contributed by atoms with Gasteiger partial charge in [0, 0.05) is 47.9 Å². The van der Waals surface area contributed by atoms with Crippen molar-refractivity contribution < 1.29 is 0 Å². The fraction of sp³-hybridized carbons (Fsp3) is 0.360. The maximum atomic E-state index is 4.72. The molecule has 1 aliphatic heterocycles. The number of pyridine rings is 1. The van der Waals surface area contributed by atoms with E-state index in [9.17, 15) is 0 Å². The summed E-state index contributed by atoms with van der Waals surface area (Å²) < 4.78 is 0. The molecule has 31 heavy (non-hydrogen) atoms. The molecule has 4 nitrogen and oxygen atoms in total. The Morgan fingerprint density at radius 2 is 2.00 bits per heavy atom. The van der Waals surface area contributed by atoms with Gasteiger partial charge in [0.15, 0.2) is 5.16 Å². The Morgan fingerprint density at radius 1 is 1.10 bits per heavy atom. The number of rotatable bonds is 7. The van der Waals surface area contributed by atoms with Crippen LogP contribution < -0.4 is 0 Å². The number of nitrogens with one attached hydrogen (secondary N) is 1. The predicted molar refractivity (Wildman–Crippen MR) is 131 cm³/mol. The number of aryl methyl sites for hydroxylation is 1. The molecule has 0 saturated carbocycles. The van der Waals surface area contributed by atoms with Crippen molar-refractivity contribution in [3.05, 3.63) is 76.4 Å². The van der Waals surface area contributed by atoms with Crippen LogP contribution in [0.1, 0.15) is 40.2 Å². The summed E-state index contributed by atoms with van der Waals surface area (Å²) in [5, 5.41) is 1.00. The number of aromatic amines is 1. The summed E-state index contributed by atoms with van der Waals surface area (Å²) in [7, 11) is 0. The van der Waals surface area contributed by atoms with E-state index in [0.717, 1.165) is 60.5 Å². The first-order valence-electron chi connectivity index (χ1n) is 11.0. The van der Waals surface area contributed by atoms with Crippen LogP contribution in [0, 0.1) is 6.92 Å². The molecule has 2 aromatic heterocycles. The van der Waals surface area contributed by atoms with Crippen molar-refractivity contribution in [3.8, 4) is 0 Å². The number of benzene rings is 1. The summed E-state index contributed by atoms with van der Waals surface area (Å²) in [6, 6.07) is 11.0. The van der Waals surface area contributed by atoms with Gasteiger partial charge in [-0.2, -0.15) is 0 Å². The standard InChI is InChI=1S/C25H28N4S2/c1-18-23(17-31-25-27-21-8-4-5-9-22(21)28-25)26-12-10-24(18)30-15-14-29-13-11-19-6-2-3-7-20(19)16-29/h2-4,6-8,10,12H,5,9,11,13-17H2,1H3,(H,27,28). The Morgan fingerprint density at radius 3 is 2.90 bits per heavy atom. The second-order valence-electron chi connectivity index (χ2n) is 8.16. The maximum absolute atomic E-state index is 4.72. The van der Waals surface area contributed by atoms with Crippen molar-refractivity contribution in [1.29, 1.82) is 0 Å². The van der Waals surface area contributed by atoms with Crippen LogP contribution in [0.15, 0.2) is 52.7 Å². The zero-order valence-corrected chi connectivity index (χ0v) is 19.6. The third kappa shape index (κ3) is 4.92. The molecule has 1 N–H and O–H groups in total. The average Bonchev–Trinajstić information content (AvgIpc) is 3.22. The summed E-state index contributed by atoms with van der Waals surface area (Å²) >= 11 is 3.71. The van der Waals surface area contributed by atoms with Crippen molar-refractivity contribution in [2.45, 2.75) is 48.5 Å². The molecule has 6 heteroatoms. The molecule has 0 unspecified atom stereocenters. The zero-order chi connectivity index (χ0) is 21.0. The van der Waals surface area contributed by atoms with Crippen LogP contribution in [-0.2, 0) is 25.1 Å². The fourth-order valence-electron chi connectivity index (χ4n) is 4.24. The monoisotopic (exact) mass is 448 g/mol. The normalized spacial score (nSPS) is 15.6. The molecule has 0 radical (unpaired) electrons. The van der Waals surface area contributed by atoms with Crippen LogP contribution in [0.5, 0.6) is 0 Å². The molecular weight excluding hydrogens is 420 g/mol. The smallest absolute Gasteiger partial charge is 0.166 e. The molecule has 0 spiro atoms. The lowest BCUT2D eigenvalue weighted by Gasteiger charge is -2.28. The molecule has 2 aliphatic rings. The van der Waals surface area contributed by atoms with E-state index in [1.165, 1.54) is 33.7 Å². The van der Waals surface area contributed by atoms with Crippen LogP contribution in [0.3, 0.4) is 0 Å². The average molecular weight is 449 g/mol. The highest BCUT2D eigenvalue weighted by atomic mass is 32.2. The first kappa shape index (κ1) is 20.9. The summed E-state index contributed by atoms with van der Waals surface area (Å²) in [4.78, 5) is 16.8. The molecule has 1 aliphatic carbocycles. The number of allylic oxidation sites excluding steroid dienone is 1. The van der Waals surface area contributed by atoms with Gasteiger partial charge in [-0.05, 0) is 55.0 Å². The Hall–Kier alpha value is -2.02. The van der Waals surface area contributed by atoms with E-state index in [2.05, 4.69) is 64.3 Å². The number of aromatic nitrogens is 3. The van der Waals surface area contributed by atoms with Gasteiger partial charge in [-0.1, -0.05) is 42.1 Å². The highest BCUT2D eigenvalue weighted by Crippen LogP contribution is 2.29. The summed E-state index contributed by atoms with van der Waals surface area (Å²) in [6.07, 6.45) is 9.61. The van der Waals surface area contributed by atoms with Crippen molar-refractivity contribution in [2.75, 3.05) is 18.8 Å². The van der Waals surface area contributed by atoms with Crippen LogP contribution in [0.25, 0.3) is 6.08 Å². The largest absolute Gasteiger partial charge is 0.336 e. The molecule has 5 rings (SSSR count). The minimum atomic E-state index is 0.846. The number of hydrogen-bond acceptors (Lipinski definition) is 5. The maximum Gasteiger partial charge on any atom is 0.166 e. The zero-order valence-electron chi connectivity index (χ0n) is 17.9. The van der Waals surface area contributed by atoms with Gasteiger partial charge in [-0.3, -0.25) is 9.88 Å². The highest BCUT2D eigenvalue weighted by Gasteiger charge is 2.16.